The van der Waals surface area contributed by atoms with Crippen LogP contribution >= 0.6 is 0 Å². The van der Waals surface area contributed by atoms with Crippen LogP contribution in [0.2, 0.25) is 0 Å². The van der Waals surface area contributed by atoms with Crippen molar-refractivity contribution in [2.45, 2.75) is 32.9 Å². The van der Waals surface area contributed by atoms with E-state index >= 15 is 0 Å². The van der Waals surface area contributed by atoms with E-state index in [1.165, 1.54) is 12.1 Å². The summed E-state index contributed by atoms with van der Waals surface area (Å²) in [6.45, 7) is 4.84. The van der Waals surface area contributed by atoms with Gasteiger partial charge < -0.3 is 19.5 Å². The van der Waals surface area contributed by atoms with Crippen LogP contribution in [-0.4, -0.2) is 31.9 Å². The van der Waals surface area contributed by atoms with Crippen LogP contribution < -0.4 is 10.1 Å². The minimum Gasteiger partial charge on any atom is -0.494 e. The third-order valence-corrected chi connectivity index (χ3v) is 7.15. The number of halogens is 1. The molecule has 0 saturated heterocycles. The number of urea groups is 1. The van der Waals surface area contributed by atoms with Crippen molar-refractivity contribution in [1.29, 1.82) is 0 Å². The van der Waals surface area contributed by atoms with Crippen LogP contribution in [-0.2, 0) is 13.0 Å². The molecule has 1 aliphatic heterocycles. The molecule has 0 bridgehead atoms. The lowest BCUT2D eigenvalue weighted by Gasteiger charge is -2.31. The van der Waals surface area contributed by atoms with Gasteiger partial charge in [-0.15, -0.1) is 0 Å². The number of nitrogens with zero attached hydrogens (tertiary/aromatic N) is 4. The highest BCUT2D eigenvalue weighted by Gasteiger charge is 2.36. The van der Waals surface area contributed by atoms with Crippen molar-refractivity contribution in [1.82, 2.24) is 19.2 Å². The molecule has 1 aliphatic rings. The van der Waals surface area contributed by atoms with E-state index in [4.69, 9.17) is 9.84 Å². The Balaban J connectivity index is 1.50. The van der Waals surface area contributed by atoms with Gasteiger partial charge in [-0.25, -0.2) is 13.9 Å². The second kappa shape index (κ2) is 10.7. The Bertz CT molecular complexity index is 1640. The van der Waals surface area contributed by atoms with Crippen molar-refractivity contribution in [3.05, 3.63) is 126 Å². The van der Waals surface area contributed by atoms with Crippen LogP contribution in [0.25, 0.3) is 11.5 Å². The summed E-state index contributed by atoms with van der Waals surface area (Å²) >= 11 is 0. The first-order valence-electron chi connectivity index (χ1n) is 13.5. The fourth-order valence-corrected chi connectivity index (χ4v) is 5.37. The van der Waals surface area contributed by atoms with Crippen LogP contribution in [0.5, 0.6) is 5.75 Å². The summed E-state index contributed by atoms with van der Waals surface area (Å²) < 4.78 is 24.1. The van der Waals surface area contributed by atoms with Crippen LogP contribution in [0.4, 0.5) is 14.9 Å². The minimum absolute atomic E-state index is 0.289. The molecule has 1 N–H and O–H groups in total. The SMILES string of the molecule is CCOc1ccc(NC(=O)N2Cc3c(CC)nn(-c4ccccc4)c3-n3cccc3C2c2cccc(F)c2)cc1. The smallest absolute Gasteiger partial charge is 0.322 e. The van der Waals surface area contributed by atoms with Gasteiger partial charge in [-0.2, -0.15) is 5.10 Å². The van der Waals surface area contributed by atoms with Crippen molar-refractivity contribution < 1.29 is 13.9 Å². The van der Waals surface area contributed by atoms with Crippen LogP contribution in [0.3, 0.4) is 0 Å². The average Bonchev–Trinajstić information content (AvgIpc) is 3.55. The van der Waals surface area contributed by atoms with Crippen molar-refractivity contribution in [2.75, 3.05) is 11.9 Å². The van der Waals surface area contributed by atoms with Crippen LogP contribution in [0, 0.1) is 5.82 Å². The maximum atomic E-state index is 14.6. The Morgan fingerprint density at radius 3 is 2.52 bits per heavy atom. The number of ether oxygens (including phenoxy) is 1. The number of para-hydroxylation sites is 1. The van der Waals surface area contributed by atoms with Crippen LogP contribution in [0.1, 0.15) is 42.4 Å². The van der Waals surface area contributed by atoms with E-state index in [0.29, 0.717) is 24.3 Å². The quantitative estimate of drug-likeness (QED) is 0.257. The second-order valence-corrected chi connectivity index (χ2v) is 9.63. The summed E-state index contributed by atoms with van der Waals surface area (Å²) in [5, 5.41) is 8.04. The highest BCUT2D eigenvalue weighted by Crippen LogP contribution is 2.39. The molecule has 2 aromatic heterocycles. The first kappa shape index (κ1) is 25.4. The lowest BCUT2D eigenvalue weighted by atomic mass is 10.0. The van der Waals surface area contributed by atoms with E-state index in [0.717, 1.165) is 34.2 Å². The normalized spacial score (nSPS) is 14.3. The number of nitrogens with one attached hydrogen (secondary N) is 1. The van der Waals surface area contributed by atoms with Gasteiger partial charge in [0.25, 0.3) is 0 Å². The fourth-order valence-electron chi connectivity index (χ4n) is 5.37. The van der Waals surface area contributed by atoms with E-state index in [2.05, 4.69) is 16.8 Å². The molecule has 5 aromatic rings. The van der Waals surface area contributed by atoms with Crippen molar-refractivity contribution in [3.8, 4) is 17.3 Å². The Morgan fingerprint density at radius 2 is 1.80 bits per heavy atom. The standard InChI is InChI=1S/C32H30FN5O2/c1-3-28-27-21-37(32(39)34-24-15-17-26(18-16-24)40-4-2)30(22-10-8-11-23(33)20-22)29-14-9-19-36(29)31(27)38(35-28)25-12-6-5-7-13-25/h5-20,30H,3-4,21H2,1-2H3,(H,34,39). The molecule has 202 valence electrons. The zero-order chi connectivity index (χ0) is 27.6. The molecule has 2 amide bonds. The number of carbonyl (C=O) groups excluding carboxylic acids is 1. The summed E-state index contributed by atoms with van der Waals surface area (Å²) in [5.41, 5.74) is 4.94. The summed E-state index contributed by atoms with van der Waals surface area (Å²) in [5.74, 6) is 1.26. The number of benzene rings is 3. The molecule has 1 unspecified atom stereocenters. The number of anilines is 1. The molecule has 7 nitrogen and oxygen atoms in total. The number of hydrogen-bond donors (Lipinski definition) is 1. The summed E-state index contributed by atoms with van der Waals surface area (Å²) in [4.78, 5) is 15.8. The van der Waals surface area contributed by atoms with Gasteiger partial charge >= 0.3 is 6.03 Å². The maximum absolute atomic E-state index is 14.6. The average molecular weight is 536 g/mol. The zero-order valence-electron chi connectivity index (χ0n) is 22.4. The molecule has 6 rings (SSSR count). The third kappa shape index (κ3) is 4.62. The summed E-state index contributed by atoms with van der Waals surface area (Å²) in [6.07, 6.45) is 2.67. The molecule has 8 heteroatoms. The lowest BCUT2D eigenvalue weighted by Crippen LogP contribution is -2.38. The van der Waals surface area contributed by atoms with Gasteiger partial charge in [0.2, 0.25) is 0 Å². The topological polar surface area (TPSA) is 64.3 Å². The maximum Gasteiger partial charge on any atom is 0.322 e. The zero-order valence-corrected chi connectivity index (χ0v) is 22.4. The minimum atomic E-state index is -0.547. The molecule has 1 atom stereocenters. The molecule has 3 heterocycles. The van der Waals surface area contributed by atoms with Gasteiger partial charge in [0.1, 0.15) is 17.4 Å². The first-order valence-corrected chi connectivity index (χ1v) is 13.5. The molecule has 40 heavy (non-hydrogen) atoms. The molecule has 0 saturated carbocycles. The van der Waals surface area contributed by atoms with Crippen molar-refractivity contribution in [3.63, 3.8) is 0 Å². The fraction of sp³-hybridized carbons (Fsp3) is 0.188. The molecule has 0 aliphatic carbocycles. The monoisotopic (exact) mass is 535 g/mol. The van der Waals surface area contributed by atoms with Crippen molar-refractivity contribution >= 4 is 11.7 Å². The first-order chi connectivity index (χ1) is 19.6. The molecule has 3 aromatic carbocycles. The van der Waals surface area contributed by atoms with Gasteiger partial charge in [-0.1, -0.05) is 37.3 Å². The predicted molar refractivity (Wildman–Crippen MR) is 153 cm³/mol. The summed E-state index contributed by atoms with van der Waals surface area (Å²) in [6, 6.07) is 26.8. The number of aromatic nitrogens is 3. The third-order valence-electron chi connectivity index (χ3n) is 7.15. The van der Waals surface area contributed by atoms with Gasteiger partial charge in [-0.3, -0.25) is 0 Å². The van der Waals surface area contributed by atoms with E-state index in [1.54, 1.807) is 11.0 Å². The van der Waals surface area contributed by atoms with Gasteiger partial charge in [-0.05, 0) is 79.6 Å². The van der Waals surface area contributed by atoms with E-state index in [-0.39, 0.29) is 18.4 Å². The Morgan fingerprint density at radius 1 is 1.00 bits per heavy atom. The Labute approximate surface area is 232 Å². The van der Waals surface area contributed by atoms with Gasteiger partial charge in [0.05, 0.1) is 36.3 Å². The van der Waals surface area contributed by atoms with Crippen LogP contribution in [0.15, 0.2) is 97.2 Å². The molecular weight excluding hydrogens is 505 g/mol. The highest BCUT2D eigenvalue weighted by molar-refractivity contribution is 5.90. The Kier molecular flexibility index (Phi) is 6.82. The van der Waals surface area contributed by atoms with E-state index in [1.807, 2.05) is 90.6 Å². The number of carbonyl (C=O) groups is 1. The van der Waals surface area contributed by atoms with E-state index < -0.39 is 6.04 Å². The second-order valence-electron chi connectivity index (χ2n) is 9.63. The number of amides is 2. The number of aryl methyl sites for hydroxylation is 1. The molecule has 0 radical (unpaired) electrons. The number of rotatable bonds is 6. The summed E-state index contributed by atoms with van der Waals surface area (Å²) in [7, 11) is 0. The van der Waals surface area contributed by atoms with Crippen molar-refractivity contribution in [2.24, 2.45) is 0 Å². The number of fused-ring (bicyclic) bond motifs is 3. The largest absolute Gasteiger partial charge is 0.494 e. The van der Waals surface area contributed by atoms with Gasteiger partial charge in [0.15, 0.2) is 0 Å². The van der Waals surface area contributed by atoms with E-state index in [9.17, 15) is 9.18 Å². The molecular formula is C32H30FN5O2. The lowest BCUT2D eigenvalue weighted by molar-refractivity contribution is 0.194. The predicted octanol–water partition coefficient (Wildman–Crippen LogP) is 6.90. The number of hydrogen-bond acceptors (Lipinski definition) is 3. The molecule has 0 spiro atoms. The van der Waals surface area contributed by atoms with Gasteiger partial charge in [0, 0.05) is 17.4 Å². The highest BCUT2D eigenvalue weighted by atomic mass is 19.1. The Hall–Kier alpha value is -4.85. The molecule has 0 fully saturated rings.